The van der Waals surface area contributed by atoms with Crippen LogP contribution in [0.1, 0.15) is 44.0 Å². The number of rotatable bonds is 7. The van der Waals surface area contributed by atoms with E-state index in [1.54, 1.807) is 18.2 Å². The first-order chi connectivity index (χ1) is 14.9. The fourth-order valence-electron chi connectivity index (χ4n) is 3.77. The highest BCUT2D eigenvalue weighted by molar-refractivity contribution is 7.80. The number of carbonyl (C=O) groups is 2. The van der Waals surface area contributed by atoms with Crippen molar-refractivity contribution in [2.24, 2.45) is 11.8 Å². The fourth-order valence-corrected chi connectivity index (χ4v) is 4.10. The molecule has 2 amide bonds. The molecule has 31 heavy (non-hydrogen) atoms. The number of thiocarbonyl (C=S) groups is 1. The highest BCUT2D eigenvalue weighted by Crippen LogP contribution is 2.32. The van der Waals surface area contributed by atoms with Crippen molar-refractivity contribution >= 4 is 29.1 Å². The Labute approximate surface area is 189 Å². The average Bonchev–Trinajstić information content (AvgIpc) is 3.24. The van der Waals surface area contributed by atoms with Gasteiger partial charge in [-0.05, 0) is 62.0 Å². The molecule has 2 heterocycles. The zero-order chi connectivity index (χ0) is 22.4. The molecular weight excluding hydrogens is 416 g/mol. The Balaban J connectivity index is 1.68. The molecule has 2 aliphatic heterocycles. The predicted molar refractivity (Wildman–Crippen MR) is 122 cm³/mol. The second-order valence-electron chi connectivity index (χ2n) is 8.32. The molecule has 1 atom stereocenters. The van der Waals surface area contributed by atoms with E-state index in [0.717, 1.165) is 37.6 Å². The number of carbonyl (C=O) groups excluding carboxylic acids is 2. The molecule has 0 unspecified atom stereocenters. The number of ether oxygens (including phenoxy) is 2. The summed E-state index contributed by atoms with van der Waals surface area (Å²) in [4.78, 5) is 28.1. The van der Waals surface area contributed by atoms with Crippen LogP contribution in [0.15, 0.2) is 18.2 Å². The Morgan fingerprint density at radius 1 is 1.16 bits per heavy atom. The van der Waals surface area contributed by atoms with Crippen molar-refractivity contribution in [3.63, 3.8) is 0 Å². The first-order valence-electron chi connectivity index (χ1n) is 10.9. The zero-order valence-corrected chi connectivity index (χ0v) is 19.2. The second kappa shape index (κ2) is 10.7. The summed E-state index contributed by atoms with van der Waals surface area (Å²) in [6.07, 6.45) is 1.54. The number of hydrogen-bond donors (Lipinski definition) is 3. The summed E-state index contributed by atoms with van der Waals surface area (Å²) in [6.45, 7) is 9.10. The molecule has 0 aliphatic carbocycles. The van der Waals surface area contributed by atoms with E-state index >= 15 is 0 Å². The summed E-state index contributed by atoms with van der Waals surface area (Å²) >= 11 is 5.42. The van der Waals surface area contributed by atoms with Crippen LogP contribution in [0.2, 0.25) is 0 Å². The third-order valence-corrected chi connectivity index (χ3v) is 5.92. The van der Waals surface area contributed by atoms with Crippen LogP contribution in [-0.4, -0.2) is 60.8 Å². The van der Waals surface area contributed by atoms with Gasteiger partial charge in [0.05, 0.1) is 0 Å². The van der Waals surface area contributed by atoms with Gasteiger partial charge in [0.2, 0.25) is 12.7 Å². The van der Waals surface area contributed by atoms with Crippen molar-refractivity contribution < 1.29 is 19.1 Å². The minimum absolute atomic E-state index is 0.0331. The van der Waals surface area contributed by atoms with Crippen molar-refractivity contribution in [2.75, 3.05) is 33.0 Å². The first kappa shape index (κ1) is 23.1. The van der Waals surface area contributed by atoms with Crippen LogP contribution in [-0.2, 0) is 4.79 Å². The molecule has 2 aliphatic rings. The number of nitrogens with zero attached hydrogens (tertiary/aromatic N) is 1. The molecule has 0 bridgehead atoms. The largest absolute Gasteiger partial charge is 0.454 e. The van der Waals surface area contributed by atoms with Crippen LogP contribution in [0.25, 0.3) is 0 Å². The topological polar surface area (TPSA) is 91.9 Å². The number of likely N-dealkylation sites (tertiary alicyclic amines) is 1. The van der Waals surface area contributed by atoms with Gasteiger partial charge in [0.1, 0.15) is 6.04 Å². The van der Waals surface area contributed by atoms with Gasteiger partial charge in [-0.25, -0.2) is 0 Å². The highest BCUT2D eigenvalue weighted by Gasteiger charge is 2.33. The van der Waals surface area contributed by atoms with Crippen molar-refractivity contribution in [3.8, 4) is 11.5 Å². The Hall–Kier alpha value is -2.55. The number of hydrogen-bond acceptors (Lipinski definition) is 5. The van der Waals surface area contributed by atoms with Gasteiger partial charge in [-0.3, -0.25) is 9.59 Å². The molecule has 0 radical (unpaired) electrons. The third-order valence-electron chi connectivity index (χ3n) is 5.51. The van der Waals surface area contributed by atoms with Crippen LogP contribution < -0.4 is 25.4 Å². The van der Waals surface area contributed by atoms with Crippen molar-refractivity contribution in [2.45, 2.75) is 39.7 Å². The summed E-state index contributed by atoms with van der Waals surface area (Å²) in [5.74, 6) is 1.08. The number of fused-ring (bicyclic) bond motifs is 1. The van der Waals surface area contributed by atoms with E-state index in [1.165, 1.54) is 0 Å². The molecule has 3 rings (SSSR count). The predicted octanol–water partition coefficient (Wildman–Crippen LogP) is 1.89. The molecule has 170 valence electrons. The minimum Gasteiger partial charge on any atom is -0.454 e. The molecule has 0 saturated carbocycles. The van der Waals surface area contributed by atoms with E-state index in [2.05, 4.69) is 20.9 Å². The highest BCUT2D eigenvalue weighted by atomic mass is 32.1. The lowest BCUT2D eigenvalue weighted by molar-refractivity contribution is -0.124. The van der Waals surface area contributed by atoms with Gasteiger partial charge >= 0.3 is 0 Å². The van der Waals surface area contributed by atoms with E-state index in [4.69, 9.17) is 21.7 Å². The number of amides is 2. The summed E-state index contributed by atoms with van der Waals surface area (Å²) in [5.41, 5.74) is 0.441. The summed E-state index contributed by atoms with van der Waals surface area (Å²) in [7, 11) is 0. The molecular formula is C22H32N4O4S. The van der Waals surface area contributed by atoms with Gasteiger partial charge in [-0.2, -0.15) is 0 Å². The molecule has 0 spiro atoms. The zero-order valence-electron chi connectivity index (χ0n) is 18.4. The van der Waals surface area contributed by atoms with Crippen LogP contribution in [0.3, 0.4) is 0 Å². The molecule has 1 aromatic carbocycles. The lowest BCUT2D eigenvalue weighted by atomic mass is 9.88. The van der Waals surface area contributed by atoms with Crippen LogP contribution in [0.5, 0.6) is 11.5 Å². The van der Waals surface area contributed by atoms with E-state index in [0.29, 0.717) is 29.5 Å². The van der Waals surface area contributed by atoms with Gasteiger partial charge in [0, 0.05) is 31.7 Å². The number of nitrogens with one attached hydrogen (secondary N) is 3. The summed E-state index contributed by atoms with van der Waals surface area (Å²) in [6, 6.07) is 4.44. The fraction of sp³-hybridized carbons (Fsp3) is 0.591. The maximum atomic E-state index is 13.0. The number of benzene rings is 1. The lowest BCUT2D eigenvalue weighted by Gasteiger charge is -2.37. The Bertz CT molecular complexity index is 809. The van der Waals surface area contributed by atoms with Gasteiger partial charge in [-0.1, -0.05) is 13.8 Å². The van der Waals surface area contributed by atoms with Crippen LogP contribution >= 0.6 is 12.2 Å². The molecule has 3 N–H and O–H groups in total. The molecule has 1 fully saturated rings. The SMILES string of the molecule is CCNC(=S)N1CCC([C@@H](NC(=O)c2ccc3c(c2)OCO3)C(=O)NCC(C)C)CC1. The van der Waals surface area contributed by atoms with E-state index < -0.39 is 6.04 Å². The smallest absolute Gasteiger partial charge is 0.252 e. The lowest BCUT2D eigenvalue weighted by Crippen LogP contribution is -2.54. The van der Waals surface area contributed by atoms with Gasteiger partial charge in [0.15, 0.2) is 16.6 Å². The molecule has 1 aromatic rings. The molecule has 8 nitrogen and oxygen atoms in total. The van der Waals surface area contributed by atoms with Crippen molar-refractivity contribution in [1.82, 2.24) is 20.9 Å². The summed E-state index contributed by atoms with van der Waals surface area (Å²) in [5, 5.41) is 9.87. The third kappa shape index (κ3) is 6.00. The van der Waals surface area contributed by atoms with E-state index in [1.807, 2.05) is 20.8 Å². The number of piperidine rings is 1. The summed E-state index contributed by atoms with van der Waals surface area (Å²) < 4.78 is 10.7. The Morgan fingerprint density at radius 2 is 1.87 bits per heavy atom. The van der Waals surface area contributed by atoms with Crippen LogP contribution in [0, 0.1) is 11.8 Å². The van der Waals surface area contributed by atoms with Gasteiger partial charge in [0.25, 0.3) is 5.91 Å². The van der Waals surface area contributed by atoms with Crippen LogP contribution in [0.4, 0.5) is 0 Å². The average molecular weight is 449 g/mol. The second-order valence-corrected chi connectivity index (χ2v) is 8.70. The van der Waals surface area contributed by atoms with E-state index in [9.17, 15) is 9.59 Å². The first-order valence-corrected chi connectivity index (χ1v) is 11.3. The van der Waals surface area contributed by atoms with Gasteiger partial charge < -0.3 is 30.3 Å². The molecule has 0 aromatic heterocycles. The van der Waals surface area contributed by atoms with Crippen molar-refractivity contribution in [3.05, 3.63) is 23.8 Å². The Morgan fingerprint density at radius 3 is 2.55 bits per heavy atom. The minimum atomic E-state index is -0.605. The monoisotopic (exact) mass is 448 g/mol. The normalized spacial score (nSPS) is 16.7. The quantitative estimate of drug-likeness (QED) is 0.549. The molecule has 9 heteroatoms. The standard InChI is InChI=1S/C22H32N4O4S/c1-4-23-22(31)26-9-7-15(8-10-26)19(21(28)24-12-14(2)3)25-20(27)16-5-6-17-18(11-16)30-13-29-17/h5-6,11,14-15,19H,4,7-10,12-13H2,1-3H3,(H,23,31)(H,24,28)(H,25,27)/t19-/m1/s1. The van der Waals surface area contributed by atoms with Gasteiger partial charge in [-0.15, -0.1) is 0 Å². The Kier molecular flexibility index (Phi) is 7.95. The maximum absolute atomic E-state index is 13.0. The maximum Gasteiger partial charge on any atom is 0.252 e. The molecule has 1 saturated heterocycles. The van der Waals surface area contributed by atoms with Crippen molar-refractivity contribution in [1.29, 1.82) is 0 Å². The van der Waals surface area contributed by atoms with E-state index in [-0.39, 0.29) is 24.5 Å².